The van der Waals surface area contributed by atoms with E-state index in [-0.39, 0.29) is 17.9 Å². The molecule has 4 heteroatoms. The van der Waals surface area contributed by atoms with Crippen molar-refractivity contribution in [1.29, 1.82) is 0 Å². The monoisotopic (exact) mass is 333 g/mol. The third kappa shape index (κ3) is 2.99. The normalized spacial score (nSPS) is 20.3. The smallest absolute Gasteiger partial charge is 0.251 e. The second-order valence-electron chi connectivity index (χ2n) is 5.74. The van der Waals surface area contributed by atoms with E-state index < -0.39 is 0 Å². The predicted octanol–water partition coefficient (Wildman–Crippen LogP) is 4.98. The van der Waals surface area contributed by atoms with E-state index in [0.717, 1.165) is 29.5 Å². The van der Waals surface area contributed by atoms with Crippen molar-refractivity contribution in [2.45, 2.75) is 31.7 Å². The van der Waals surface area contributed by atoms with E-state index in [4.69, 9.17) is 23.2 Å². The molecular weight excluding hydrogens is 317 g/mol. The van der Waals surface area contributed by atoms with Crippen molar-refractivity contribution in [2.75, 3.05) is 0 Å². The van der Waals surface area contributed by atoms with Gasteiger partial charge in [-0.15, -0.1) is 0 Å². The molecule has 0 aromatic heterocycles. The Morgan fingerprint density at radius 2 is 1.91 bits per heavy atom. The molecule has 1 N–H and O–H groups in total. The molecule has 1 amide bonds. The van der Waals surface area contributed by atoms with Crippen LogP contribution in [0.5, 0.6) is 0 Å². The quantitative estimate of drug-likeness (QED) is 0.843. The molecule has 0 spiro atoms. The van der Waals surface area contributed by atoms with Gasteiger partial charge < -0.3 is 5.32 Å². The van der Waals surface area contributed by atoms with Gasteiger partial charge in [0.25, 0.3) is 5.91 Å². The van der Waals surface area contributed by atoms with Crippen molar-refractivity contribution in [2.24, 2.45) is 0 Å². The molecule has 0 aliphatic heterocycles. The molecule has 1 aliphatic carbocycles. The largest absolute Gasteiger partial charge is 0.349 e. The fourth-order valence-electron chi connectivity index (χ4n) is 2.92. The third-order valence-electron chi connectivity index (χ3n) is 4.34. The molecule has 0 bridgehead atoms. The Hall–Kier alpha value is -1.51. The van der Waals surface area contributed by atoms with E-state index in [2.05, 4.69) is 5.32 Å². The first-order valence-electron chi connectivity index (χ1n) is 7.37. The summed E-state index contributed by atoms with van der Waals surface area (Å²) in [4.78, 5) is 12.4. The standard InChI is InChI=1S/C18H17Cl2NO/c1-11-4-2-3-5-13(11)18(22)21-17-9-8-15(17)14-7-6-12(19)10-16(14)20/h2-7,10,15,17H,8-9H2,1H3,(H,21,22)/t15-,17-/m0/s1. The molecule has 1 saturated carbocycles. The average molecular weight is 334 g/mol. The zero-order valence-corrected chi connectivity index (χ0v) is 13.8. The lowest BCUT2D eigenvalue weighted by Gasteiger charge is -2.38. The van der Waals surface area contributed by atoms with Crippen LogP contribution in [-0.2, 0) is 0 Å². The highest BCUT2D eigenvalue weighted by atomic mass is 35.5. The Morgan fingerprint density at radius 1 is 1.14 bits per heavy atom. The summed E-state index contributed by atoms with van der Waals surface area (Å²) >= 11 is 12.2. The minimum atomic E-state index is -0.0158. The Labute approximate surface area is 140 Å². The number of aryl methyl sites for hydroxylation is 1. The van der Waals surface area contributed by atoms with Crippen molar-refractivity contribution in [3.8, 4) is 0 Å². The van der Waals surface area contributed by atoms with Gasteiger partial charge in [0.05, 0.1) is 0 Å². The van der Waals surface area contributed by atoms with E-state index in [9.17, 15) is 4.79 Å². The van der Waals surface area contributed by atoms with Crippen LogP contribution in [0.4, 0.5) is 0 Å². The number of carbonyl (C=O) groups excluding carboxylic acids is 1. The minimum absolute atomic E-state index is 0.0158. The SMILES string of the molecule is Cc1ccccc1C(=O)N[C@H]1CC[C@H]1c1ccc(Cl)cc1Cl. The van der Waals surface area contributed by atoms with Crippen LogP contribution in [0.15, 0.2) is 42.5 Å². The second-order valence-corrected chi connectivity index (χ2v) is 6.59. The van der Waals surface area contributed by atoms with Crippen molar-refractivity contribution >= 4 is 29.1 Å². The Morgan fingerprint density at radius 3 is 2.55 bits per heavy atom. The number of benzene rings is 2. The van der Waals surface area contributed by atoms with E-state index in [0.29, 0.717) is 10.0 Å². The van der Waals surface area contributed by atoms with Crippen LogP contribution in [0, 0.1) is 6.92 Å². The first kappa shape index (κ1) is 15.4. The molecule has 0 unspecified atom stereocenters. The van der Waals surface area contributed by atoms with Gasteiger partial charge in [0.15, 0.2) is 0 Å². The minimum Gasteiger partial charge on any atom is -0.349 e. The maximum absolute atomic E-state index is 12.4. The van der Waals surface area contributed by atoms with Gasteiger partial charge in [-0.05, 0) is 49.1 Å². The maximum atomic E-state index is 12.4. The predicted molar refractivity (Wildman–Crippen MR) is 90.9 cm³/mol. The highest BCUT2D eigenvalue weighted by Gasteiger charge is 2.34. The van der Waals surface area contributed by atoms with Gasteiger partial charge in [-0.2, -0.15) is 0 Å². The Balaban J connectivity index is 1.74. The summed E-state index contributed by atoms with van der Waals surface area (Å²) in [6, 6.07) is 13.3. The van der Waals surface area contributed by atoms with Crippen LogP contribution in [0.25, 0.3) is 0 Å². The molecule has 114 valence electrons. The summed E-state index contributed by atoms with van der Waals surface area (Å²) in [5, 5.41) is 4.44. The molecule has 2 nitrogen and oxygen atoms in total. The van der Waals surface area contributed by atoms with Gasteiger partial charge in [0.1, 0.15) is 0 Å². The summed E-state index contributed by atoms with van der Waals surface area (Å²) in [6.07, 6.45) is 2.00. The lowest BCUT2D eigenvalue weighted by molar-refractivity contribution is 0.0904. The molecule has 0 heterocycles. The van der Waals surface area contributed by atoms with Gasteiger partial charge >= 0.3 is 0 Å². The fourth-order valence-corrected chi connectivity index (χ4v) is 3.47. The first-order valence-corrected chi connectivity index (χ1v) is 8.13. The van der Waals surface area contributed by atoms with Gasteiger partial charge in [-0.1, -0.05) is 47.5 Å². The topological polar surface area (TPSA) is 29.1 Å². The lowest BCUT2D eigenvalue weighted by Crippen LogP contribution is -2.45. The van der Waals surface area contributed by atoms with Crippen LogP contribution in [0.3, 0.4) is 0 Å². The summed E-state index contributed by atoms with van der Waals surface area (Å²) in [5.41, 5.74) is 2.78. The van der Waals surface area contributed by atoms with E-state index in [1.165, 1.54) is 0 Å². The highest BCUT2D eigenvalue weighted by molar-refractivity contribution is 6.35. The van der Waals surface area contributed by atoms with Gasteiger partial charge in [-0.25, -0.2) is 0 Å². The van der Waals surface area contributed by atoms with Crippen LogP contribution in [0.2, 0.25) is 10.0 Å². The molecule has 0 radical (unpaired) electrons. The number of hydrogen-bond donors (Lipinski definition) is 1. The molecule has 0 saturated heterocycles. The molecular formula is C18H17Cl2NO. The Bertz CT molecular complexity index is 714. The van der Waals surface area contributed by atoms with Crippen LogP contribution in [-0.4, -0.2) is 11.9 Å². The van der Waals surface area contributed by atoms with Gasteiger partial charge in [0.2, 0.25) is 0 Å². The Kier molecular flexibility index (Phi) is 4.42. The van der Waals surface area contributed by atoms with Crippen molar-refractivity contribution in [3.63, 3.8) is 0 Å². The summed E-state index contributed by atoms with van der Waals surface area (Å²) in [6.45, 7) is 1.95. The van der Waals surface area contributed by atoms with Crippen molar-refractivity contribution in [1.82, 2.24) is 5.32 Å². The summed E-state index contributed by atoms with van der Waals surface area (Å²) in [7, 11) is 0. The fraction of sp³-hybridized carbons (Fsp3) is 0.278. The van der Waals surface area contributed by atoms with Crippen molar-refractivity contribution < 1.29 is 4.79 Å². The van der Waals surface area contributed by atoms with E-state index in [1.807, 2.05) is 43.3 Å². The maximum Gasteiger partial charge on any atom is 0.251 e. The van der Waals surface area contributed by atoms with Gasteiger partial charge in [0, 0.05) is 27.6 Å². The molecule has 1 fully saturated rings. The molecule has 3 rings (SSSR count). The summed E-state index contributed by atoms with van der Waals surface area (Å²) < 4.78 is 0. The lowest BCUT2D eigenvalue weighted by atomic mass is 9.75. The second kappa shape index (κ2) is 6.31. The third-order valence-corrected chi connectivity index (χ3v) is 4.90. The van der Waals surface area contributed by atoms with E-state index >= 15 is 0 Å². The molecule has 1 aliphatic rings. The highest BCUT2D eigenvalue weighted by Crippen LogP contribution is 2.41. The van der Waals surface area contributed by atoms with E-state index in [1.54, 1.807) is 6.07 Å². The average Bonchev–Trinajstić information content (AvgIpc) is 2.46. The number of hydrogen-bond acceptors (Lipinski definition) is 1. The molecule has 2 aromatic rings. The number of halogens is 2. The number of carbonyl (C=O) groups is 1. The number of amides is 1. The van der Waals surface area contributed by atoms with Gasteiger partial charge in [-0.3, -0.25) is 4.79 Å². The molecule has 22 heavy (non-hydrogen) atoms. The van der Waals surface area contributed by atoms with Crippen LogP contribution < -0.4 is 5.32 Å². The zero-order chi connectivity index (χ0) is 15.7. The van der Waals surface area contributed by atoms with Crippen LogP contribution in [0.1, 0.15) is 40.2 Å². The number of rotatable bonds is 3. The zero-order valence-electron chi connectivity index (χ0n) is 12.3. The molecule has 2 atom stereocenters. The summed E-state index contributed by atoms with van der Waals surface area (Å²) in [5.74, 6) is 0.246. The van der Waals surface area contributed by atoms with Crippen molar-refractivity contribution in [3.05, 3.63) is 69.2 Å². The molecule has 2 aromatic carbocycles. The number of nitrogens with one attached hydrogen (secondary N) is 1. The van der Waals surface area contributed by atoms with Crippen LogP contribution >= 0.6 is 23.2 Å². The first-order chi connectivity index (χ1) is 10.6.